The summed E-state index contributed by atoms with van der Waals surface area (Å²) in [6.07, 6.45) is 0. The zero-order chi connectivity index (χ0) is 41.5. The molecule has 0 N–H and O–H groups in total. The highest BCUT2D eigenvalue weighted by Gasteiger charge is 2.51. The molecule has 0 saturated carbocycles. The van der Waals surface area contributed by atoms with E-state index >= 15 is 0 Å². The molecule has 0 saturated heterocycles. The van der Waals surface area contributed by atoms with Crippen molar-refractivity contribution in [1.82, 2.24) is 0 Å². The van der Waals surface area contributed by atoms with E-state index < -0.39 is 5.41 Å². The van der Waals surface area contributed by atoms with Gasteiger partial charge in [0.25, 0.3) is 0 Å². The molecule has 2 aliphatic carbocycles. The molecule has 0 aliphatic heterocycles. The first-order valence-corrected chi connectivity index (χ1v) is 21.8. The standard InChI is InChI=1S/C61H39NO/c1-3-16-40(17-4-1)41-30-33-44(34-31-41)62(57-28-15-24-46(42-18-5-2-6-19-42)60(57)43-32-36-52-51-23-10-14-29-58(51)63-59(52)38-43)45-35-37-50-49-22-9-13-27-55(49)61(56(50)39-45)53-25-11-7-20-47(53)48-21-8-12-26-54(48)61/h1-39H. The maximum atomic E-state index is 6.56. The minimum Gasteiger partial charge on any atom is -0.456 e. The highest BCUT2D eigenvalue weighted by atomic mass is 16.3. The van der Waals surface area contributed by atoms with Gasteiger partial charge in [0.1, 0.15) is 11.2 Å². The largest absolute Gasteiger partial charge is 0.456 e. The van der Waals surface area contributed by atoms with Crippen LogP contribution >= 0.6 is 0 Å². The summed E-state index contributed by atoms with van der Waals surface area (Å²) < 4.78 is 6.56. The van der Waals surface area contributed by atoms with Gasteiger partial charge in [0.2, 0.25) is 0 Å². The van der Waals surface area contributed by atoms with Gasteiger partial charge in [-0.1, -0.05) is 188 Å². The topological polar surface area (TPSA) is 16.4 Å². The molecule has 10 aromatic carbocycles. The van der Waals surface area contributed by atoms with Crippen LogP contribution in [0.2, 0.25) is 0 Å². The lowest BCUT2D eigenvalue weighted by atomic mass is 9.70. The van der Waals surface area contributed by atoms with Gasteiger partial charge in [0, 0.05) is 27.7 Å². The Morgan fingerprint density at radius 2 is 0.810 bits per heavy atom. The number of furan rings is 1. The third kappa shape index (κ3) is 5.25. The average Bonchev–Trinajstić information content (AvgIpc) is 3.98. The number of para-hydroxylation sites is 1. The van der Waals surface area contributed by atoms with Crippen LogP contribution in [0.3, 0.4) is 0 Å². The van der Waals surface area contributed by atoms with Gasteiger partial charge in [-0.25, -0.2) is 0 Å². The Balaban J connectivity index is 1.09. The summed E-state index contributed by atoms with van der Waals surface area (Å²) in [5, 5.41) is 2.24. The van der Waals surface area contributed by atoms with E-state index in [-0.39, 0.29) is 0 Å². The van der Waals surface area contributed by atoms with Gasteiger partial charge in [-0.05, 0) is 121 Å². The summed E-state index contributed by atoms with van der Waals surface area (Å²) in [6.45, 7) is 0. The third-order valence-electron chi connectivity index (χ3n) is 13.5. The molecule has 0 radical (unpaired) electrons. The minimum atomic E-state index is -0.473. The van der Waals surface area contributed by atoms with Crippen LogP contribution in [0.1, 0.15) is 22.3 Å². The predicted octanol–water partition coefficient (Wildman–Crippen LogP) is 16.4. The molecule has 13 rings (SSSR count). The molecule has 0 amide bonds. The molecule has 1 aromatic heterocycles. The first-order chi connectivity index (χ1) is 31.3. The van der Waals surface area contributed by atoms with Crippen LogP contribution < -0.4 is 4.90 Å². The van der Waals surface area contributed by atoms with Crippen LogP contribution in [0.4, 0.5) is 17.1 Å². The van der Waals surface area contributed by atoms with Crippen LogP contribution in [-0.2, 0) is 5.41 Å². The lowest BCUT2D eigenvalue weighted by molar-refractivity contribution is 0.669. The first-order valence-electron chi connectivity index (χ1n) is 21.8. The summed E-state index contributed by atoms with van der Waals surface area (Å²) in [6, 6.07) is 86.6. The van der Waals surface area contributed by atoms with Crippen molar-refractivity contribution in [2.45, 2.75) is 5.41 Å². The lowest BCUT2D eigenvalue weighted by Crippen LogP contribution is -2.26. The fourth-order valence-corrected chi connectivity index (χ4v) is 10.9. The molecular formula is C61H39NO. The lowest BCUT2D eigenvalue weighted by Gasteiger charge is -2.33. The number of nitrogens with zero attached hydrogens (tertiary/aromatic N) is 1. The van der Waals surface area contributed by atoms with E-state index in [9.17, 15) is 0 Å². The van der Waals surface area contributed by atoms with Crippen LogP contribution in [0, 0.1) is 0 Å². The second-order valence-corrected chi connectivity index (χ2v) is 16.7. The average molecular weight is 802 g/mol. The quantitative estimate of drug-likeness (QED) is 0.167. The summed E-state index contributed by atoms with van der Waals surface area (Å²) in [4.78, 5) is 2.48. The van der Waals surface area contributed by atoms with E-state index in [1.54, 1.807) is 0 Å². The van der Waals surface area contributed by atoms with E-state index in [0.717, 1.165) is 61.3 Å². The maximum absolute atomic E-state index is 6.56. The van der Waals surface area contributed by atoms with E-state index in [0.29, 0.717) is 0 Å². The van der Waals surface area contributed by atoms with E-state index in [1.165, 1.54) is 55.6 Å². The predicted molar refractivity (Wildman–Crippen MR) is 261 cm³/mol. The van der Waals surface area contributed by atoms with Gasteiger partial charge in [-0.2, -0.15) is 0 Å². The smallest absolute Gasteiger partial charge is 0.136 e. The second-order valence-electron chi connectivity index (χ2n) is 16.7. The van der Waals surface area contributed by atoms with Crippen LogP contribution in [-0.4, -0.2) is 0 Å². The van der Waals surface area contributed by atoms with Crippen molar-refractivity contribution in [2.24, 2.45) is 0 Å². The van der Waals surface area contributed by atoms with Crippen molar-refractivity contribution in [3.63, 3.8) is 0 Å². The Morgan fingerprint density at radius 3 is 1.49 bits per heavy atom. The van der Waals surface area contributed by atoms with Crippen molar-refractivity contribution in [3.05, 3.63) is 259 Å². The molecule has 0 atom stereocenters. The maximum Gasteiger partial charge on any atom is 0.136 e. The second kappa shape index (κ2) is 13.9. The number of hydrogen-bond donors (Lipinski definition) is 0. The number of rotatable bonds is 6. The Bertz CT molecular complexity index is 3500. The molecule has 2 aliphatic rings. The first kappa shape index (κ1) is 35.5. The molecule has 2 nitrogen and oxygen atoms in total. The summed E-state index contributed by atoms with van der Waals surface area (Å²) in [7, 11) is 0. The van der Waals surface area contributed by atoms with Crippen molar-refractivity contribution in [3.8, 4) is 55.6 Å². The Kier molecular flexibility index (Phi) is 7.85. The number of benzene rings is 10. The normalized spacial score (nSPS) is 12.9. The van der Waals surface area contributed by atoms with Gasteiger partial charge in [0.05, 0.1) is 11.1 Å². The molecular weight excluding hydrogens is 763 g/mol. The zero-order valence-corrected chi connectivity index (χ0v) is 34.4. The number of fused-ring (bicyclic) bond motifs is 13. The fraction of sp³-hybridized carbons (Fsp3) is 0.0164. The molecule has 1 spiro atoms. The van der Waals surface area contributed by atoms with Gasteiger partial charge < -0.3 is 9.32 Å². The van der Waals surface area contributed by atoms with Gasteiger partial charge in [0.15, 0.2) is 0 Å². The molecule has 0 fully saturated rings. The highest BCUT2D eigenvalue weighted by molar-refractivity contribution is 6.07. The van der Waals surface area contributed by atoms with Crippen molar-refractivity contribution in [2.75, 3.05) is 4.90 Å². The van der Waals surface area contributed by atoms with E-state index in [2.05, 4.69) is 235 Å². The molecule has 2 heteroatoms. The van der Waals surface area contributed by atoms with Crippen LogP contribution in [0.25, 0.3) is 77.6 Å². The molecule has 0 bridgehead atoms. The number of anilines is 3. The molecule has 1 heterocycles. The summed E-state index contributed by atoms with van der Waals surface area (Å²) in [5.41, 5.74) is 21.9. The Labute approximate surface area is 366 Å². The van der Waals surface area contributed by atoms with Crippen LogP contribution in [0.15, 0.2) is 241 Å². The molecule has 0 unspecified atom stereocenters. The van der Waals surface area contributed by atoms with Crippen molar-refractivity contribution in [1.29, 1.82) is 0 Å². The third-order valence-corrected chi connectivity index (χ3v) is 13.5. The fourth-order valence-electron chi connectivity index (χ4n) is 10.9. The van der Waals surface area contributed by atoms with Crippen molar-refractivity contribution >= 4 is 39.0 Å². The zero-order valence-electron chi connectivity index (χ0n) is 34.4. The van der Waals surface area contributed by atoms with Gasteiger partial charge in [-0.3, -0.25) is 0 Å². The Morgan fingerprint density at radius 1 is 0.302 bits per heavy atom. The minimum absolute atomic E-state index is 0.473. The van der Waals surface area contributed by atoms with Gasteiger partial charge >= 0.3 is 0 Å². The van der Waals surface area contributed by atoms with Crippen molar-refractivity contribution < 1.29 is 4.42 Å². The highest BCUT2D eigenvalue weighted by Crippen LogP contribution is 2.63. The Hall–Kier alpha value is -8.20. The van der Waals surface area contributed by atoms with Gasteiger partial charge in [-0.15, -0.1) is 0 Å². The molecule has 294 valence electrons. The summed E-state index contributed by atoms with van der Waals surface area (Å²) >= 11 is 0. The van der Waals surface area contributed by atoms with E-state index in [1.807, 2.05) is 6.07 Å². The van der Waals surface area contributed by atoms with E-state index in [4.69, 9.17) is 4.42 Å². The van der Waals surface area contributed by atoms with Crippen LogP contribution in [0.5, 0.6) is 0 Å². The monoisotopic (exact) mass is 801 g/mol. The SMILES string of the molecule is c1ccc(-c2ccc(N(c3ccc4c(c3)C3(c5ccccc5-c5ccccc53)c3ccccc3-4)c3cccc(-c4ccccc4)c3-c3ccc4c(c3)oc3ccccc34)cc2)cc1. The molecule has 63 heavy (non-hydrogen) atoms. The number of hydrogen-bond acceptors (Lipinski definition) is 2. The summed E-state index contributed by atoms with van der Waals surface area (Å²) in [5.74, 6) is 0. The molecule has 11 aromatic rings.